The van der Waals surface area contributed by atoms with Crippen molar-refractivity contribution >= 4 is 11.7 Å². The van der Waals surface area contributed by atoms with Crippen LogP contribution >= 0.6 is 0 Å². The third kappa shape index (κ3) is 7.71. The summed E-state index contributed by atoms with van der Waals surface area (Å²) in [5, 5.41) is 8.43. The molecule has 1 rings (SSSR count). The van der Waals surface area contributed by atoms with E-state index in [9.17, 15) is 4.79 Å². The summed E-state index contributed by atoms with van der Waals surface area (Å²) < 4.78 is 0. The van der Waals surface area contributed by atoms with Gasteiger partial charge in [0.1, 0.15) is 0 Å². The molecule has 0 amide bonds. The van der Waals surface area contributed by atoms with E-state index in [1.165, 1.54) is 37.8 Å². The van der Waals surface area contributed by atoms with Gasteiger partial charge in [0.25, 0.3) is 0 Å². The maximum Gasteiger partial charge on any atom is 0.335 e. The molecule has 1 atom stereocenters. The van der Waals surface area contributed by atoms with Crippen LogP contribution in [0.15, 0.2) is 24.3 Å². The first-order valence-electron chi connectivity index (χ1n) is 6.60. The Kier molecular flexibility index (Phi) is 8.71. The first-order chi connectivity index (χ1) is 8.51. The number of carbonyl (C=O) groups is 1. The lowest BCUT2D eigenvalue weighted by atomic mass is 10.0. The second-order valence-corrected chi connectivity index (χ2v) is 4.58. The van der Waals surface area contributed by atoms with Crippen LogP contribution in [0.4, 0.5) is 5.69 Å². The van der Waals surface area contributed by atoms with Crippen LogP contribution in [-0.2, 0) is 0 Å². The van der Waals surface area contributed by atoms with Crippen molar-refractivity contribution in [1.82, 2.24) is 0 Å². The Morgan fingerprint density at radius 1 is 1.28 bits per heavy atom. The second kappa shape index (κ2) is 9.51. The zero-order valence-corrected chi connectivity index (χ0v) is 11.6. The summed E-state index contributed by atoms with van der Waals surface area (Å²) in [6.45, 7) is 6.85. The molecule has 0 saturated heterocycles. The number of benzene rings is 1. The molecule has 3 heteroatoms. The van der Waals surface area contributed by atoms with E-state index in [1.807, 2.05) is 0 Å². The zero-order chi connectivity index (χ0) is 14.0. The summed E-state index contributed by atoms with van der Waals surface area (Å²) in [6, 6.07) is 6.06. The normalized spacial score (nSPS) is 11.3. The number of nitrogen functional groups attached to an aromatic ring is 1. The lowest BCUT2D eigenvalue weighted by Gasteiger charge is -2.04. The van der Waals surface area contributed by atoms with Gasteiger partial charge in [0.05, 0.1) is 5.56 Å². The lowest BCUT2D eigenvalue weighted by molar-refractivity contribution is 0.0697. The number of anilines is 1. The molecule has 1 unspecified atom stereocenters. The molecule has 18 heavy (non-hydrogen) atoms. The van der Waals surface area contributed by atoms with E-state index in [-0.39, 0.29) is 5.56 Å². The van der Waals surface area contributed by atoms with Gasteiger partial charge in [-0.15, -0.1) is 0 Å². The Labute approximate surface area is 110 Å². The Balaban J connectivity index is 0.000000331. The number of hydrogen-bond donors (Lipinski definition) is 2. The number of unbranched alkanes of at least 4 members (excludes halogenated alkanes) is 1. The van der Waals surface area contributed by atoms with E-state index in [0.717, 1.165) is 5.92 Å². The van der Waals surface area contributed by atoms with Gasteiger partial charge in [0.2, 0.25) is 0 Å². The predicted octanol–water partition coefficient (Wildman–Crippen LogP) is 4.19. The molecule has 0 aliphatic carbocycles. The van der Waals surface area contributed by atoms with Crippen LogP contribution < -0.4 is 5.73 Å². The average molecular weight is 251 g/mol. The van der Waals surface area contributed by atoms with Crippen molar-refractivity contribution in [3.63, 3.8) is 0 Å². The lowest BCUT2D eigenvalue weighted by Crippen LogP contribution is -1.95. The van der Waals surface area contributed by atoms with Crippen molar-refractivity contribution in [1.29, 1.82) is 0 Å². The highest BCUT2D eigenvalue weighted by molar-refractivity contribution is 5.87. The number of aromatic carboxylic acids is 1. The molecule has 3 nitrogen and oxygen atoms in total. The van der Waals surface area contributed by atoms with Crippen LogP contribution in [0, 0.1) is 5.92 Å². The van der Waals surface area contributed by atoms with Crippen molar-refractivity contribution < 1.29 is 9.90 Å². The number of carboxylic acid groups (broad SMARTS) is 1. The molecule has 0 fully saturated rings. The van der Waals surface area contributed by atoms with Gasteiger partial charge in [-0.1, -0.05) is 46.5 Å². The molecule has 0 spiro atoms. The second-order valence-electron chi connectivity index (χ2n) is 4.58. The predicted molar refractivity (Wildman–Crippen MR) is 76.8 cm³/mol. The van der Waals surface area contributed by atoms with Crippen molar-refractivity contribution in [2.45, 2.75) is 46.5 Å². The zero-order valence-electron chi connectivity index (χ0n) is 11.6. The largest absolute Gasteiger partial charge is 0.478 e. The fourth-order valence-electron chi connectivity index (χ4n) is 1.38. The van der Waals surface area contributed by atoms with E-state index in [0.29, 0.717) is 5.69 Å². The minimum atomic E-state index is -0.931. The van der Waals surface area contributed by atoms with Crippen LogP contribution in [0.2, 0.25) is 0 Å². The minimum Gasteiger partial charge on any atom is -0.478 e. The Morgan fingerprint density at radius 3 is 2.22 bits per heavy atom. The maximum atomic E-state index is 10.3. The van der Waals surface area contributed by atoms with E-state index < -0.39 is 5.97 Å². The van der Waals surface area contributed by atoms with Crippen LogP contribution in [-0.4, -0.2) is 11.1 Å². The number of nitrogens with two attached hydrogens (primary N) is 1. The molecule has 1 aromatic rings. The minimum absolute atomic E-state index is 0.259. The van der Waals surface area contributed by atoms with Crippen LogP contribution in [0.3, 0.4) is 0 Å². The Hall–Kier alpha value is -1.51. The standard InChI is InChI=1S/C8H18.C7H7NO2/c1-4-6-7-8(3)5-2;8-6-3-1-5(2-4-6)7(9)10/h8H,4-7H2,1-3H3;1-4H,8H2,(H,9,10). The van der Waals surface area contributed by atoms with E-state index in [1.54, 1.807) is 12.1 Å². The van der Waals surface area contributed by atoms with Crippen LogP contribution in [0.5, 0.6) is 0 Å². The first-order valence-corrected chi connectivity index (χ1v) is 6.60. The molecule has 0 aliphatic rings. The molecule has 0 heterocycles. The summed E-state index contributed by atoms with van der Waals surface area (Å²) in [4.78, 5) is 10.3. The summed E-state index contributed by atoms with van der Waals surface area (Å²) in [5.41, 5.74) is 6.17. The van der Waals surface area contributed by atoms with Crippen molar-refractivity contribution in [3.05, 3.63) is 29.8 Å². The van der Waals surface area contributed by atoms with Gasteiger partial charge in [-0.3, -0.25) is 0 Å². The molecule has 3 N–H and O–H groups in total. The fraction of sp³-hybridized carbons (Fsp3) is 0.533. The molecular formula is C15H25NO2. The van der Waals surface area contributed by atoms with Gasteiger partial charge < -0.3 is 10.8 Å². The highest BCUT2D eigenvalue weighted by atomic mass is 16.4. The topological polar surface area (TPSA) is 63.3 Å². The van der Waals surface area contributed by atoms with E-state index in [4.69, 9.17) is 10.8 Å². The van der Waals surface area contributed by atoms with E-state index in [2.05, 4.69) is 20.8 Å². The van der Waals surface area contributed by atoms with E-state index >= 15 is 0 Å². The summed E-state index contributed by atoms with van der Waals surface area (Å²) >= 11 is 0. The molecule has 0 aliphatic heterocycles. The van der Waals surface area contributed by atoms with Crippen molar-refractivity contribution in [2.24, 2.45) is 5.92 Å². The Morgan fingerprint density at radius 2 is 1.83 bits per heavy atom. The average Bonchev–Trinajstić information content (AvgIpc) is 2.37. The fourth-order valence-corrected chi connectivity index (χ4v) is 1.38. The molecule has 0 bridgehead atoms. The molecular weight excluding hydrogens is 226 g/mol. The van der Waals surface area contributed by atoms with Crippen LogP contribution in [0.25, 0.3) is 0 Å². The maximum absolute atomic E-state index is 10.3. The first kappa shape index (κ1) is 16.5. The van der Waals surface area contributed by atoms with Crippen LogP contribution in [0.1, 0.15) is 56.8 Å². The molecule has 102 valence electrons. The Bertz CT molecular complexity index is 333. The van der Waals surface area contributed by atoms with Gasteiger partial charge in [-0.25, -0.2) is 4.79 Å². The van der Waals surface area contributed by atoms with Gasteiger partial charge in [0.15, 0.2) is 0 Å². The van der Waals surface area contributed by atoms with Gasteiger partial charge >= 0.3 is 5.97 Å². The highest BCUT2D eigenvalue weighted by Crippen LogP contribution is 2.09. The quantitative estimate of drug-likeness (QED) is 0.771. The van der Waals surface area contributed by atoms with Gasteiger partial charge in [-0.05, 0) is 30.2 Å². The number of carboxylic acids is 1. The SMILES string of the molecule is CCCCC(C)CC.Nc1ccc(C(=O)O)cc1. The third-order valence-electron chi connectivity index (χ3n) is 2.91. The van der Waals surface area contributed by atoms with Gasteiger partial charge in [-0.2, -0.15) is 0 Å². The summed E-state index contributed by atoms with van der Waals surface area (Å²) in [7, 11) is 0. The summed E-state index contributed by atoms with van der Waals surface area (Å²) in [6.07, 6.45) is 5.53. The monoisotopic (exact) mass is 251 g/mol. The smallest absolute Gasteiger partial charge is 0.335 e. The highest BCUT2D eigenvalue weighted by Gasteiger charge is 1.98. The number of hydrogen-bond acceptors (Lipinski definition) is 2. The van der Waals surface area contributed by atoms with Gasteiger partial charge in [0, 0.05) is 5.69 Å². The third-order valence-corrected chi connectivity index (χ3v) is 2.91. The van der Waals surface area contributed by atoms with Crippen molar-refractivity contribution in [2.75, 3.05) is 5.73 Å². The molecule has 0 aromatic heterocycles. The van der Waals surface area contributed by atoms with Crippen molar-refractivity contribution in [3.8, 4) is 0 Å². The summed E-state index contributed by atoms with van der Waals surface area (Å²) in [5.74, 6) is 0.0231. The molecule has 0 saturated carbocycles. The number of rotatable bonds is 5. The molecule has 0 radical (unpaired) electrons. The molecule has 1 aromatic carbocycles.